The lowest BCUT2D eigenvalue weighted by Gasteiger charge is -2.27. The third-order valence-corrected chi connectivity index (χ3v) is 3.60. The molecule has 0 bridgehead atoms. The molecule has 2 atom stereocenters. The molecule has 0 spiro atoms. The molecule has 22 heavy (non-hydrogen) atoms. The first kappa shape index (κ1) is 16.0. The molecule has 0 fully saturated rings. The highest BCUT2D eigenvalue weighted by molar-refractivity contribution is 6.33. The lowest BCUT2D eigenvalue weighted by molar-refractivity contribution is -0.570. The second-order valence-electron chi connectivity index (χ2n) is 4.78. The standard InChI is InChI=1S/C14H14ClN3O4/c1-9-5-4-6-10(15)12(9)16-13(20)17-14(18(21)22)8-3-2-7-11(14)19/h2-8,11,19H,1H3,(H2,16,17,20). The van der Waals surface area contributed by atoms with Crippen LogP contribution in [-0.4, -0.2) is 27.8 Å². The van der Waals surface area contributed by atoms with E-state index < -0.39 is 22.7 Å². The summed E-state index contributed by atoms with van der Waals surface area (Å²) in [6, 6.07) is 4.21. The number of amides is 2. The van der Waals surface area contributed by atoms with Crippen LogP contribution < -0.4 is 10.6 Å². The monoisotopic (exact) mass is 323 g/mol. The van der Waals surface area contributed by atoms with Crippen LogP contribution in [0.3, 0.4) is 0 Å². The van der Waals surface area contributed by atoms with Crippen LogP contribution >= 0.6 is 11.6 Å². The maximum atomic E-state index is 12.1. The van der Waals surface area contributed by atoms with Gasteiger partial charge in [-0.05, 0) is 24.6 Å². The third-order valence-electron chi connectivity index (χ3n) is 3.28. The minimum atomic E-state index is -2.12. The zero-order valence-electron chi connectivity index (χ0n) is 11.6. The maximum absolute atomic E-state index is 12.1. The van der Waals surface area contributed by atoms with Crippen LogP contribution in [0.5, 0.6) is 0 Å². The van der Waals surface area contributed by atoms with Crippen LogP contribution in [0, 0.1) is 17.0 Å². The summed E-state index contributed by atoms with van der Waals surface area (Å²) in [5, 5.41) is 26.1. The van der Waals surface area contributed by atoms with Crippen LogP contribution in [0.25, 0.3) is 0 Å². The van der Waals surface area contributed by atoms with Crippen LogP contribution in [0.4, 0.5) is 10.5 Å². The average molecular weight is 324 g/mol. The highest BCUT2D eigenvalue weighted by atomic mass is 35.5. The Bertz CT molecular complexity index is 654. The molecule has 1 aromatic carbocycles. The number of aliphatic hydroxyl groups excluding tert-OH is 1. The zero-order chi connectivity index (χ0) is 16.3. The van der Waals surface area contributed by atoms with E-state index in [4.69, 9.17) is 11.6 Å². The Morgan fingerprint density at radius 3 is 2.77 bits per heavy atom. The molecule has 2 rings (SSSR count). The third kappa shape index (κ3) is 2.95. The number of allylic oxidation sites excluding steroid dienone is 2. The van der Waals surface area contributed by atoms with Gasteiger partial charge in [0.05, 0.1) is 15.6 Å². The van der Waals surface area contributed by atoms with Gasteiger partial charge in [-0.1, -0.05) is 35.9 Å². The quantitative estimate of drug-likeness (QED) is 0.450. The fourth-order valence-electron chi connectivity index (χ4n) is 2.06. The van der Waals surface area contributed by atoms with Gasteiger partial charge in [-0.3, -0.25) is 15.4 Å². The Kier molecular flexibility index (Phi) is 4.48. The van der Waals surface area contributed by atoms with Gasteiger partial charge in [-0.2, -0.15) is 0 Å². The number of hydrogen-bond acceptors (Lipinski definition) is 4. The maximum Gasteiger partial charge on any atom is 0.346 e. The minimum absolute atomic E-state index is 0.310. The number of hydrogen-bond donors (Lipinski definition) is 3. The molecule has 1 aliphatic rings. The molecule has 0 saturated heterocycles. The fraction of sp³-hybridized carbons (Fsp3) is 0.214. The second kappa shape index (κ2) is 6.17. The van der Waals surface area contributed by atoms with E-state index >= 15 is 0 Å². The number of anilines is 1. The number of halogens is 1. The first-order valence-corrected chi connectivity index (χ1v) is 6.77. The summed E-state index contributed by atoms with van der Waals surface area (Å²) >= 11 is 5.99. The summed E-state index contributed by atoms with van der Waals surface area (Å²) in [6.45, 7) is 1.74. The van der Waals surface area contributed by atoms with Gasteiger partial charge in [0.1, 0.15) is 0 Å². The van der Waals surface area contributed by atoms with Crippen LogP contribution in [0.15, 0.2) is 42.5 Å². The Hall–Kier alpha value is -2.38. The number of rotatable bonds is 3. The number of nitro groups is 1. The zero-order valence-corrected chi connectivity index (χ0v) is 12.4. The highest BCUT2D eigenvalue weighted by Crippen LogP contribution is 2.26. The molecule has 0 aliphatic heterocycles. The Morgan fingerprint density at radius 2 is 2.18 bits per heavy atom. The Labute approximate surface area is 131 Å². The highest BCUT2D eigenvalue weighted by Gasteiger charge is 2.49. The minimum Gasteiger partial charge on any atom is -0.379 e. The second-order valence-corrected chi connectivity index (χ2v) is 5.19. The van der Waals surface area contributed by atoms with E-state index in [9.17, 15) is 20.0 Å². The molecule has 3 N–H and O–H groups in total. The van der Waals surface area contributed by atoms with Crippen molar-refractivity contribution in [3.63, 3.8) is 0 Å². The summed E-state index contributed by atoms with van der Waals surface area (Å²) in [5.41, 5.74) is -1.06. The fourth-order valence-corrected chi connectivity index (χ4v) is 2.33. The van der Waals surface area contributed by atoms with Gasteiger partial charge < -0.3 is 10.4 Å². The lowest BCUT2D eigenvalue weighted by atomic mass is 9.98. The normalized spacial score (nSPS) is 23.1. The van der Waals surface area contributed by atoms with E-state index in [1.54, 1.807) is 25.1 Å². The number of para-hydroxylation sites is 1. The van der Waals surface area contributed by atoms with Gasteiger partial charge in [0.25, 0.3) is 0 Å². The topological polar surface area (TPSA) is 104 Å². The van der Waals surface area contributed by atoms with Crippen molar-refractivity contribution in [1.82, 2.24) is 5.32 Å². The molecule has 1 aromatic rings. The average Bonchev–Trinajstić information content (AvgIpc) is 2.45. The van der Waals surface area contributed by atoms with Gasteiger partial charge in [-0.25, -0.2) is 4.79 Å². The summed E-state index contributed by atoms with van der Waals surface area (Å²) in [5.74, 6) is 0. The van der Waals surface area contributed by atoms with E-state index in [-0.39, 0.29) is 0 Å². The predicted octanol–water partition coefficient (Wildman–Crippen LogP) is 2.23. The van der Waals surface area contributed by atoms with Crippen molar-refractivity contribution >= 4 is 23.3 Å². The van der Waals surface area contributed by atoms with Crippen LogP contribution in [0.1, 0.15) is 5.56 Å². The van der Waals surface area contributed by atoms with Crippen LogP contribution in [-0.2, 0) is 0 Å². The Morgan fingerprint density at radius 1 is 1.45 bits per heavy atom. The van der Waals surface area contributed by atoms with Gasteiger partial charge >= 0.3 is 11.7 Å². The number of nitrogens with zero attached hydrogens (tertiary/aromatic N) is 1. The molecular formula is C14H14ClN3O4. The number of carbonyl (C=O) groups is 1. The smallest absolute Gasteiger partial charge is 0.346 e. The SMILES string of the molecule is Cc1cccc(Cl)c1NC(=O)NC1([N+](=O)[O-])C=CC=CC1O. The predicted molar refractivity (Wildman–Crippen MR) is 82.4 cm³/mol. The molecular weight excluding hydrogens is 310 g/mol. The summed E-state index contributed by atoms with van der Waals surface area (Å²) in [6.07, 6.45) is 3.71. The van der Waals surface area contributed by atoms with Gasteiger partial charge in [-0.15, -0.1) is 0 Å². The molecule has 0 heterocycles. The Balaban J connectivity index is 2.22. The van der Waals surface area contributed by atoms with E-state index in [1.807, 2.05) is 0 Å². The van der Waals surface area contributed by atoms with Crippen molar-refractivity contribution in [2.45, 2.75) is 18.7 Å². The number of urea groups is 1. The van der Waals surface area contributed by atoms with Crippen molar-refractivity contribution < 1.29 is 14.8 Å². The van der Waals surface area contributed by atoms with E-state index in [1.165, 1.54) is 18.2 Å². The molecule has 116 valence electrons. The number of aryl methyl sites for hydroxylation is 1. The summed E-state index contributed by atoms with van der Waals surface area (Å²) < 4.78 is 0. The van der Waals surface area contributed by atoms with Gasteiger partial charge in [0.2, 0.25) is 0 Å². The molecule has 7 nitrogen and oxygen atoms in total. The molecule has 0 radical (unpaired) electrons. The number of benzene rings is 1. The molecule has 2 unspecified atom stereocenters. The van der Waals surface area contributed by atoms with E-state index in [0.29, 0.717) is 16.3 Å². The molecule has 1 aliphatic carbocycles. The lowest BCUT2D eigenvalue weighted by Crippen LogP contribution is -2.61. The van der Waals surface area contributed by atoms with E-state index in [0.717, 1.165) is 6.08 Å². The van der Waals surface area contributed by atoms with Crippen molar-refractivity contribution in [3.8, 4) is 0 Å². The van der Waals surface area contributed by atoms with Crippen molar-refractivity contribution in [3.05, 3.63) is 63.2 Å². The number of aliphatic hydroxyl groups is 1. The number of carbonyl (C=O) groups excluding carboxylic acids is 1. The van der Waals surface area contributed by atoms with Crippen molar-refractivity contribution in [2.75, 3.05) is 5.32 Å². The van der Waals surface area contributed by atoms with Crippen LogP contribution in [0.2, 0.25) is 5.02 Å². The van der Waals surface area contributed by atoms with Gasteiger partial charge in [0, 0.05) is 6.08 Å². The van der Waals surface area contributed by atoms with Crippen molar-refractivity contribution in [1.29, 1.82) is 0 Å². The molecule has 0 aromatic heterocycles. The first-order valence-electron chi connectivity index (χ1n) is 6.39. The summed E-state index contributed by atoms with van der Waals surface area (Å²) in [7, 11) is 0. The van der Waals surface area contributed by atoms with Gasteiger partial charge in [0.15, 0.2) is 6.10 Å². The summed E-state index contributed by atoms with van der Waals surface area (Å²) in [4.78, 5) is 22.6. The number of nitrogens with one attached hydrogen (secondary N) is 2. The molecule has 8 heteroatoms. The molecule has 2 amide bonds. The van der Waals surface area contributed by atoms with Crippen molar-refractivity contribution in [2.24, 2.45) is 0 Å². The largest absolute Gasteiger partial charge is 0.379 e. The first-order chi connectivity index (χ1) is 10.4. The molecule has 0 saturated carbocycles. The van der Waals surface area contributed by atoms with E-state index in [2.05, 4.69) is 10.6 Å².